The van der Waals surface area contributed by atoms with Crippen LogP contribution in [0.1, 0.15) is 95.9 Å². The van der Waals surface area contributed by atoms with E-state index in [1.807, 2.05) is 36.6 Å². The van der Waals surface area contributed by atoms with Crippen LogP contribution in [-0.2, 0) is 57.8 Å². The summed E-state index contributed by atoms with van der Waals surface area (Å²) < 4.78 is 82.0. The normalized spacial score (nSPS) is 14.6. The number of ether oxygens (including phenoxy) is 2. The van der Waals surface area contributed by atoms with E-state index in [2.05, 4.69) is 20.1 Å². The van der Waals surface area contributed by atoms with Gasteiger partial charge in [-0.15, -0.1) is 0 Å². The zero-order chi connectivity index (χ0) is 46.9. The van der Waals surface area contributed by atoms with Crippen molar-refractivity contribution in [1.29, 1.82) is 0 Å². The van der Waals surface area contributed by atoms with E-state index < -0.39 is 31.4 Å². The number of methoxy groups -OCH3 is 1. The Kier molecular flexibility index (Phi) is 21.0. The number of carbonyl (C=O) groups is 2. The van der Waals surface area contributed by atoms with Crippen LogP contribution in [0.4, 0.5) is 5.69 Å². The number of fused-ring (bicyclic) bond motifs is 2. The lowest BCUT2D eigenvalue weighted by molar-refractivity contribution is -0.673. The summed E-state index contributed by atoms with van der Waals surface area (Å²) in [5.41, 5.74) is 8.65. The number of carbonyl (C=O) groups excluding carboxylic acids is 2. The highest BCUT2D eigenvalue weighted by Gasteiger charge is 2.40. The van der Waals surface area contributed by atoms with E-state index in [0.29, 0.717) is 118 Å². The molecular weight excluding hydrogens is 908 g/mol. The number of anilines is 1. The second kappa shape index (κ2) is 25.4. The van der Waals surface area contributed by atoms with E-state index in [1.165, 1.54) is 12.1 Å². The largest absolute Gasteiger partial charge is 0.382 e. The van der Waals surface area contributed by atoms with Crippen LogP contribution in [0, 0.1) is 0 Å². The molecule has 2 amide bonds. The molecule has 0 fully saturated rings. The zero-order valence-electron chi connectivity index (χ0n) is 37.1. The first kappa shape index (κ1) is 53.0. The van der Waals surface area contributed by atoms with Crippen LogP contribution >= 0.6 is 23.2 Å². The number of unbranched alkanes of at least 4 members (excludes halogenated alkanes) is 5. The number of amides is 2. The topological polar surface area (TPSA) is 223 Å². The van der Waals surface area contributed by atoms with Crippen molar-refractivity contribution >= 4 is 78.0 Å². The summed E-state index contributed by atoms with van der Waals surface area (Å²) in [5, 5.41) is 6.49. The van der Waals surface area contributed by atoms with Crippen LogP contribution in [-0.4, -0.2) is 101 Å². The molecule has 2 heterocycles. The van der Waals surface area contributed by atoms with Gasteiger partial charge >= 0.3 is 0 Å². The Labute approximate surface area is 388 Å². The Morgan fingerprint density at radius 2 is 1.52 bits per heavy atom. The molecule has 0 spiro atoms. The Balaban J connectivity index is 1.64. The van der Waals surface area contributed by atoms with Crippen LogP contribution in [0.2, 0.25) is 10.0 Å². The third kappa shape index (κ3) is 15.8. The highest BCUT2D eigenvalue weighted by atomic mass is 35.5. The molecular formula is C44H65Cl2N6O10S2+. The summed E-state index contributed by atoms with van der Waals surface area (Å²) >= 11 is 13.1. The Morgan fingerprint density at radius 1 is 0.844 bits per heavy atom. The van der Waals surface area contributed by atoms with E-state index in [4.69, 9.17) is 38.4 Å². The maximum absolute atomic E-state index is 12.6. The highest BCUT2D eigenvalue weighted by molar-refractivity contribution is 7.86. The number of imidazole rings is 1. The fourth-order valence-electron chi connectivity index (χ4n) is 7.83. The summed E-state index contributed by atoms with van der Waals surface area (Å²) in [6.45, 7) is 8.20. The van der Waals surface area contributed by atoms with Gasteiger partial charge in [0, 0.05) is 81.0 Å². The summed E-state index contributed by atoms with van der Waals surface area (Å²) in [6, 6.07) is 8.07. The molecule has 1 aromatic heterocycles. The number of rotatable bonds is 29. The van der Waals surface area contributed by atoms with Crippen molar-refractivity contribution in [3.8, 4) is 0 Å². The third-order valence-corrected chi connectivity index (χ3v) is 13.5. The van der Waals surface area contributed by atoms with Gasteiger partial charge in [0.2, 0.25) is 11.8 Å². The highest BCUT2D eigenvalue weighted by Crippen LogP contribution is 2.48. The van der Waals surface area contributed by atoms with Gasteiger partial charge in [-0.25, -0.2) is 9.13 Å². The molecule has 2 aromatic carbocycles. The number of benzene rings is 2. The van der Waals surface area contributed by atoms with Gasteiger partial charge in [0.15, 0.2) is 11.0 Å². The lowest BCUT2D eigenvalue weighted by Crippen LogP contribution is -2.37. The van der Waals surface area contributed by atoms with Crippen LogP contribution < -0.4 is 25.8 Å². The molecule has 1 aliphatic heterocycles. The van der Waals surface area contributed by atoms with Crippen LogP contribution in [0.3, 0.4) is 0 Å². The molecule has 20 heteroatoms. The standard InChI is InChI=1S/C44H64Cl2N6O10S2/c1-44(2)34-30-33(64(58,59)60)18-19-37(34)50(23-11-7-16-41(53)48-21-9-5-8-20-47)40(44)14-12-17-43-51(24-10-4-6-15-42(54)49-22-26-62-28-27-61-3)38-31-35(45)36(46)32-39(38)52(43)25-13-29-63(55,56)57/h12,14,17-19,30-32H,4-11,13,15-16,20-29,47H2,1-3H3,(H3-,48,49,53,54,55,56,57,58,59,60)/p+1. The van der Waals surface area contributed by atoms with E-state index in [-0.39, 0.29) is 29.7 Å². The number of nitrogens with zero attached hydrogens (tertiary/aromatic N) is 3. The Morgan fingerprint density at radius 3 is 2.20 bits per heavy atom. The van der Waals surface area contributed by atoms with Crippen molar-refractivity contribution in [3.05, 3.63) is 69.6 Å². The number of hydrogen-bond acceptors (Lipinski definition) is 10. The predicted octanol–water partition coefficient (Wildman–Crippen LogP) is 6.21. The first-order valence-electron chi connectivity index (χ1n) is 21.8. The Hall–Kier alpha value is -3.59. The lowest BCUT2D eigenvalue weighted by atomic mass is 9.83. The molecule has 0 radical (unpaired) electrons. The van der Waals surface area contributed by atoms with Crippen molar-refractivity contribution in [2.45, 2.75) is 108 Å². The maximum atomic E-state index is 12.6. The number of halogens is 2. The molecule has 1 aliphatic rings. The average Bonchev–Trinajstić information content (AvgIpc) is 3.61. The van der Waals surface area contributed by atoms with E-state index in [1.54, 1.807) is 25.3 Å². The minimum absolute atomic E-state index is 0.0182. The average molecular weight is 973 g/mol. The molecule has 4 rings (SSSR count). The van der Waals surface area contributed by atoms with Gasteiger partial charge < -0.3 is 30.7 Å². The molecule has 0 saturated carbocycles. The number of aryl methyl sites for hydroxylation is 2. The van der Waals surface area contributed by atoms with Gasteiger partial charge in [-0.3, -0.25) is 18.7 Å². The second-order valence-corrected chi connectivity index (χ2v) is 20.1. The SMILES string of the molecule is COCCOCCNC(=O)CCCCCn1c(C=CC=C2N(CCCCC(=O)NCCCCCN)c3ccc(S(=O)(=O)O)cc3C2(C)C)[n+](CCCS(=O)(=O)O)c2cc(Cl)c(Cl)cc21. The number of aromatic nitrogens is 2. The van der Waals surface area contributed by atoms with Gasteiger partial charge in [0.05, 0.1) is 53.6 Å². The summed E-state index contributed by atoms with van der Waals surface area (Å²) in [6.07, 6.45) is 12.7. The minimum Gasteiger partial charge on any atom is -0.382 e. The first-order valence-corrected chi connectivity index (χ1v) is 25.6. The molecule has 64 heavy (non-hydrogen) atoms. The van der Waals surface area contributed by atoms with Crippen molar-refractivity contribution < 1.29 is 49.6 Å². The van der Waals surface area contributed by atoms with E-state index in [0.717, 1.165) is 42.6 Å². The number of nitrogens with one attached hydrogen (secondary N) is 2. The molecule has 0 aliphatic carbocycles. The molecule has 6 N–H and O–H groups in total. The van der Waals surface area contributed by atoms with E-state index >= 15 is 0 Å². The minimum atomic E-state index is -4.48. The molecule has 0 atom stereocenters. The van der Waals surface area contributed by atoms with Crippen molar-refractivity contribution in [2.24, 2.45) is 5.73 Å². The summed E-state index contributed by atoms with van der Waals surface area (Å²) in [4.78, 5) is 26.9. The fourth-order valence-corrected chi connectivity index (χ4v) is 9.15. The lowest BCUT2D eigenvalue weighted by Gasteiger charge is -2.27. The molecule has 3 aromatic rings. The smallest absolute Gasteiger partial charge is 0.294 e. The van der Waals surface area contributed by atoms with E-state index in [9.17, 15) is 35.5 Å². The zero-order valence-corrected chi connectivity index (χ0v) is 40.3. The Bertz CT molecular complexity index is 2340. The number of allylic oxidation sites excluding steroid dienone is 3. The molecule has 16 nitrogen and oxygen atoms in total. The van der Waals surface area contributed by atoms with Gasteiger partial charge in [-0.1, -0.05) is 49.5 Å². The molecule has 0 saturated heterocycles. The second-order valence-electron chi connectivity index (χ2n) is 16.3. The quantitative estimate of drug-likeness (QED) is 0.0298. The maximum Gasteiger partial charge on any atom is 0.294 e. The number of hydrogen-bond donors (Lipinski definition) is 5. The first-order chi connectivity index (χ1) is 30.4. The summed E-state index contributed by atoms with van der Waals surface area (Å²) in [5.74, 6) is 0.169. The predicted molar refractivity (Wildman–Crippen MR) is 251 cm³/mol. The van der Waals surface area contributed by atoms with Crippen molar-refractivity contribution in [3.63, 3.8) is 0 Å². The van der Waals surface area contributed by atoms with Gasteiger partial charge in [-0.05, 0) is 81.3 Å². The van der Waals surface area contributed by atoms with Crippen LogP contribution in [0.15, 0.2) is 53.1 Å². The van der Waals surface area contributed by atoms with Crippen molar-refractivity contribution in [2.75, 3.05) is 63.8 Å². The van der Waals surface area contributed by atoms with Crippen molar-refractivity contribution in [1.82, 2.24) is 15.2 Å². The summed E-state index contributed by atoms with van der Waals surface area (Å²) in [7, 11) is -7.13. The molecule has 0 bridgehead atoms. The van der Waals surface area contributed by atoms with Gasteiger partial charge in [0.1, 0.15) is 0 Å². The molecule has 0 unspecified atom stereocenters. The third-order valence-electron chi connectivity index (χ3n) is 11.1. The van der Waals surface area contributed by atoms with Gasteiger partial charge in [-0.2, -0.15) is 16.8 Å². The molecule has 356 valence electrons. The van der Waals surface area contributed by atoms with Gasteiger partial charge in [0.25, 0.3) is 26.1 Å². The number of nitrogens with two attached hydrogens (primary N) is 1. The monoisotopic (exact) mass is 971 g/mol. The fraction of sp³-hybridized carbons (Fsp3) is 0.568. The van der Waals surface area contributed by atoms with Crippen LogP contribution in [0.25, 0.3) is 17.1 Å². The van der Waals surface area contributed by atoms with Crippen LogP contribution in [0.5, 0.6) is 0 Å².